The van der Waals surface area contributed by atoms with E-state index >= 15 is 0 Å². The van der Waals surface area contributed by atoms with Gasteiger partial charge in [-0.1, -0.05) is 31.5 Å². The maximum Gasteiger partial charge on any atom is 0.146 e. The van der Waals surface area contributed by atoms with Gasteiger partial charge in [0.15, 0.2) is 0 Å². The fourth-order valence-electron chi connectivity index (χ4n) is 2.06. The highest BCUT2D eigenvalue weighted by atomic mass is 35.5. The van der Waals surface area contributed by atoms with Crippen molar-refractivity contribution in [2.24, 2.45) is 0 Å². The highest BCUT2D eigenvalue weighted by molar-refractivity contribution is 6.31. The lowest BCUT2D eigenvalue weighted by Gasteiger charge is -2.15. The summed E-state index contributed by atoms with van der Waals surface area (Å²) in [5.74, 6) is 1.72. The molecular weight excluding hydrogens is 286 g/mol. The van der Waals surface area contributed by atoms with Gasteiger partial charge in [-0.15, -0.1) is 0 Å². The van der Waals surface area contributed by atoms with E-state index < -0.39 is 0 Å². The van der Waals surface area contributed by atoms with Crippen LogP contribution in [0.2, 0.25) is 5.02 Å². The van der Waals surface area contributed by atoms with Crippen molar-refractivity contribution in [2.75, 3.05) is 0 Å². The second-order valence-electron chi connectivity index (χ2n) is 5.17. The zero-order valence-corrected chi connectivity index (χ0v) is 13.5. The van der Waals surface area contributed by atoms with E-state index in [-0.39, 0.29) is 0 Å². The Kier molecular flexibility index (Phi) is 5.65. The Balaban J connectivity index is 2.10. The van der Waals surface area contributed by atoms with E-state index in [2.05, 4.69) is 35.6 Å². The lowest BCUT2D eigenvalue weighted by molar-refractivity contribution is 0.286. The SMILES string of the molecule is CCn1ccnc1COc1cccc(Cl)c1CNC(C)C. The van der Waals surface area contributed by atoms with Gasteiger partial charge in [-0.3, -0.25) is 0 Å². The van der Waals surface area contributed by atoms with Gasteiger partial charge in [-0.25, -0.2) is 4.98 Å². The van der Waals surface area contributed by atoms with Crippen molar-refractivity contribution in [3.05, 3.63) is 47.0 Å². The minimum absolute atomic E-state index is 0.396. The lowest BCUT2D eigenvalue weighted by atomic mass is 10.2. The van der Waals surface area contributed by atoms with Gasteiger partial charge in [0.1, 0.15) is 18.2 Å². The first kappa shape index (κ1) is 15.9. The monoisotopic (exact) mass is 307 g/mol. The second kappa shape index (κ2) is 7.48. The molecule has 0 aliphatic carbocycles. The summed E-state index contributed by atoms with van der Waals surface area (Å²) in [6.07, 6.45) is 3.75. The van der Waals surface area contributed by atoms with Crippen LogP contribution in [0, 0.1) is 0 Å². The molecule has 0 saturated heterocycles. The average molecular weight is 308 g/mol. The fourth-order valence-corrected chi connectivity index (χ4v) is 2.29. The third-order valence-electron chi connectivity index (χ3n) is 3.26. The predicted octanol–water partition coefficient (Wildman–Crippen LogP) is 3.63. The molecule has 1 N–H and O–H groups in total. The minimum atomic E-state index is 0.396. The number of nitrogens with one attached hydrogen (secondary N) is 1. The molecule has 0 unspecified atom stereocenters. The Bertz CT molecular complexity index is 581. The molecule has 1 heterocycles. The van der Waals surface area contributed by atoms with Gasteiger partial charge in [0, 0.05) is 42.1 Å². The summed E-state index contributed by atoms with van der Waals surface area (Å²) in [5.41, 5.74) is 0.988. The van der Waals surface area contributed by atoms with Gasteiger partial charge < -0.3 is 14.6 Å². The summed E-state index contributed by atoms with van der Waals surface area (Å²) in [4.78, 5) is 4.32. The van der Waals surface area contributed by atoms with E-state index in [0.717, 1.165) is 28.7 Å². The first-order chi connectivity index (χ1) is 10.1. The van der Waals surface area contributed by atoms with Crippen molar-refractivity contribution in [1.29, 1.82) is 0 Å². The normalized spacial score (nSPS) is 11.1. The Morgan fingerprint density at radius 1 is 1.38 bits per heavy atom. The minimum Gasteiger partial charge on any atom is -0.485 e. The Morgan fingerprint density at radius 2 is 2.19 bits per heavy atom. The van der Waals surface area contributed by atoms with Crippen LogP contribution in [-0.4, -0.2) is 15.6 Å². The largest absolute Gasteiger partial charge is 0.485 e. The van der Waals surface area contributed by atoms with Crippen LogP contribution in [0.5, 0.6) is 5.75 Å². The van der Waals surface area contributed by atoms with Crippen molar-refractivity contribution in [3.8, 4) is 5.75 Å². The van der Waals surface area contributed by atoms with Crippen LogP contribution in [0.3, 0.4) is 0 Å². The molecule has 2 rings (SSSR count). The van der Waals surface area contributed by atoms with E-state index in [1.807, 2.05) is 24.4 Å². The second-order valence-corrected chi connectivity index (χ2v) is 5.58. The van der Waals surface area contributed by atoms with Crippen molar-refractivity contribution in [1.82, 2.24) is 14.9 Å². The lowest BCUT2D eigenvalue weighted by Crippen LogP contribution is -2.22. The highest BCUT2D eigenvalue weighted by Crippen LogP contribution is 2.27. The number of hydrogen-bond donors (Lipinski definition) is 1. The molecule has 21 heavy (non-hydrogen) atoms. The Hall–Kier alpha value is -1.52. The highest BCUT2D eigenvalue weighted by Gasteiger charge is 2.10. The van der Waals surface area contributed by atoms with Gasteiger partial charge in [-0.2, -0.15) is 0 Å². The quantitative estimate of drug-likeness (QED) is 0.849. The first-order valence-corrected chi connectivity index (χ1v) is 7.63. The number of nitrogens with zero attached hydrogens (tertiary/aromatic N) is 2. The fraction of sp³-hybridized carbons (Fsp3) is 0.438. The molecule has 0 amide bonds. The van der Waals surface area contributed by atoms with E-state index in [0.29, 0.717) is 19.2 Å². The third-order valence-corrected chi connectivity index (χ3v) is 3.62. The Labute approximate surface area is 131 Å². The van der Waals surface area contributed by atoms with E-state index in [9.17, 15) is 0 Å². The van der Waals surface area contributed by atoms with E-state index in [4.69, 9.17) is 16.3 Å². The smallest absolute Gasteiger partial charge is 0.146 e. The van der Waals surface area contributed by atoms with Gasteiger partial charge in [0.2, 0.25) is 0 Å². The third kappa shape index (κ3) is 4.22. The number of aromatic nitrogens is 2. The van der Waals surface area contributed by atoms with Gasteiger partial charge in [-0.05, 0) is 19.1 Å². The molecule has 0 radical (unpaired) electrons. The number of halogens is 1. The van der Waals surface area contributed by atoms with Crippen LogP contribution in [0.15, 0.2) is 30.6 Å². The molecule has 0 atom stereocenters. The standard InChI is InChI=1S/C16H22ClN3O/c1-4-20-9-8-18-16(20)11-21-15-7-5-6-14(17)13(15)10-19-12(2)3/h5-9,12,19H,4,10-11H2,1-3H3. The van der Waals surface area contributed by atoms with Crippen LogP contribution in [-0.2, 0) is 19.7 Å². The number of ether oxygens (including phenoxy) is 1. The summed E-state index contributed by atoms with van der Waals surface area (Å²) in [6, 6.07) is 6.14. The molecule has 114 valence electrons. The molecule has 1 aromatic heterocycles. The maximum atomic E-state index is 6.29. The molecule has 0 fully saturated rings. The predicted molar refractivity (Wildman–Crippen MR) is 85.7 cm³/mol. The number of imidazole rings is 1. The Morgan fingerprint density at radius 3 is 2.90 bits per heavy atom. The molecule has 0 bridgehead atoms. The number of benzene rings is 1. The summed E-state index contributed by atoms with van der Waals surface area (Å²) < 4.78 is 8.00. The summed E-state index contributed by atoms with van der Waals surface area (Å²) >= 11 is 6.29. The van der Waals surface area contributed by atoms with Crippen LogP contribution >= 0.6 is 11.6 Å². The van der Waals surface area contributed by atoms with Crippen LogP contribution in [0.25, 0.3) is 0 Å². The van der Waals surface area contributed by atoms with Gasteiger partial charge in [0.05, 0.1) is 0 Å². The number of hydrogen-bond acceptors (Lipinski definition) is 3. The van der Waals surface area contributed by atoms with Gasteiger partial charge >= 0.3 is 0 Å². The molecule has 0 aliphatic heterocycles. The molecular formula is C16H22ClN3O. The van der Waals surface area contributed by atoms with E-state index in [1.165, 1.54) is 0 Å². The maximum absolute atomic E-state index is 6.29. The van der Waals surface area contributed by atoms with Crippen LogP contribution < -0.4 is 10.1 Å². The average Bonchev–Trinajstić information content (AvgIpc) is 2.91. The summed E-state index contributed by atoms with van der Waals surface area (Å²) in [7, 11) is 0. The molecule has 1 aromatic carbocycles. The first-order valence-electron chi connectivity index (χ1n) is 7.25. The van der Waals surface area contributed by atoms with Crippen molar-refractivity contribution >= 4 is 11.6 Å². The van der Waals surface area contributed by atoms with Crippen molar-refractivity contribution in [3.63, 3.8) is 0 Å². The topological polar surface area (TPSA) is 39.1 Å². The molecule has 5 heteroatoms. The molecule has 2 aromatic rings. The molecule has 0 saturated carbocycles. The van der Waals surface area contributed by atoms with Gasteiger partial charge in [0.25, 0.3) is 0 Å². The molecule has 0 spiro atoms. The summed E-state index contributed by atoms with van der Waals surface area (Å²) in [5, 5.41) is 4.10. The number of rotatable bonds is 7. The summed E-state index contributed by atoms with van der Waals surface area (Å²) in [6.45, 7) is 8.31. The van der Waals surface area contributed by atoms with E-state index in [1.54, 1.807) is 6.20 Å². The number of aryl methyl sites for hydroxylation is 1. The zero-order chi connectivity index (χ0) is 15.2. The zero-order valence-electron chi connectivity index (χ0n) is 12.8. The van der Waals surface area contributed by atoms with Crippen LogP contribution in [0.1, 0.15) is 32.2 Å². The molecule has 0 aliphatic rings. The molecule has 4 nitrogen and oxygen atoms in total. The van der Waals surface area contributed by atoms with Crippen molar-refractivity contribution < 1.29 is 4.74 Å². The van der Waals surface area contributed by atoms with Crippen molar-refractivity contribution in [2.45, 2.75) is 46.5 Å². The van der Waals surface area contributed by atoms with Crippen LogP contribution in [0.4, 0.5) is 0 Å².